The van der Waals surface area contributed by atoms with Gasteiger partial charge in [-0.15, -0.1) is 0 Å². The lowest BCUT2D eigenvalue weighted by molar-refractivity contribution is -0.909. The summed E-state index contributed by atoms with van der Waals surface area (Å²) in [5.74, 6) is -0.0748. The Morgan fingerprint density at radius 3 is 2.83 bits per heavy atom. The first-order chi connectivity index (χ1) is 14.1. The molecule has 0 radical (unpaired) electrons. The van der Waals surface area contributed by atoms with E-state index in [1.807, 2.05) is 12.1 Å². The van der Waals surface area contributed by atoms with Gasteiger partial charge in [0.15, 0.2) is 0 Å². The summed E-state index contributed by atoms with van der Waals surface area (Å²) in [6.07, 6.45) is 3.42. The standard InChI is InChI=1S/C21H32N4O3S/c1-3-4-9-24(2)10-5-8-22-19(26)16-6-7-18-17(15-16)23-20(27)21(29-18)25-11-13-28-14-12-25/h6-7,15,21H,3-5,8-14H2,1-2H3,(H,22,26)(H,23,27)/p+2. The van der Waals surface area contributed by atoms with Crippen molar-refractivity contribution in [3.63, 3.8) is 0 Å². The van der Waals surface area contributed by atoms with Crippen molar-refractivity contribution in [1.82, 2.24) is 5.32 Å². The molecule has 3 rings (SSSR count). The van der Waals surface area contributed by atoms with E-state index in [0.717, 1.165) is 36.6 Å². The Labute approximate surface area is 177 Å². The van der Waals surface area contributed by atoms with Gasteiger partial charge in [-0.2, -0.15) is 0 Å². The number of ether oxygens (including phenoxy) is 1. The maximum atomic E-state index is 12.6. The molecule has 8 heteroatoms. The zero-order valence-corrected chi connectivity index (χ0v) is 18.3. The number of thioether (sulfide) groups is 1. The third-order valence-corrected chi connectivity index (χ3v) is 6.90. The average Bonchev–Trinajstić information content (AvgIpc) is 2.74. The number of anilines is 1. The number of amides is 2. The van der Waals surface area contributed by atoms with E-state index in [0.29, 0.717) is 25.3 Å². The summed E-state index contributed by atoms with van der Waals surface area (Å²) in [6.45, 7) is 8.19. The highest BCUT2D eigenvalue weighted by atomic mass is 32.2. The van der Waals surface area contributed by atoms with Crippen molar-refractivity contribution >= 4 is 29.3 Å². The van der Waals surface area contributed by atoms with Crippen molar-refractivity contribution in [2.24, 2.45) is 0 Å². The fourth-order valence-electron chi connectivity index (χ4n) is 3.71. The van der Waals surface area contributed by atoms with E-state index in [-0.39, 0.29) is 17.2 Å². The first kappa shape index (κ1) is 22.1. The number of quaternary nitrogens is 2. The Bertz CT molecular complexity index is 709. The van der Waals surface area contributed by atoms with Crippen LogP contribution in [0.1, 0.15) is 36.5 Å². The number of benzene rings is 1. The van der Waals surface area contributed by atoms with Crippen molar-refractivity contribution in [2.75, 3.05) is 58.3 Å². The van der Waals surface area contributed by atoms with Crippen LogP contribution in [0, 0.1) is 0 Å². The molecule has 2 heterocycles. The number of fused-ring (bicyclic) bond motifs is 1. The molecule has 1 aromatic carbocycles. The fraction of sp³-hybridized carbons (Fsp3) is 0.619. The van der Waals surface area contributed by atoms with Crippen LogP contribution in [0.15, 0.2) is 23.1 Å². The molecular formula is C21H34N4O3S+2. The third-order valence-electron chi connectivity index (χ3n) is 5.51. The number of carbonyl (C=O) groups excluding carboxylic acids is 2. The van der Waals surface area contributed by atoms with Crippen LogP contribution in [0.5, 0.6) is 0 Å². The molecule has 1 fully saturated rings. The quantitative estimate of drug-likeness (QED) is 0.401. The maximum absolute atomic E-state index is 12.6. The molecule has 29 heavy (non-hydrogen) atoms. The molecule has 0 bridgehead atoms. The summed E-state index contributed by atoms with van der Waals surface area (Å²) in [4.78, 5) is 28.8. The minimum atomic E-state index is -0.154. The Kier molecular flexibility index (Phi) is 8.35. The first-order valence-electron chi connectivity index (χ1n) is 10.7. The van der Waals surface area contributed by atoms with E-state index < -0.39 is 0 Å². The summed E-state index contributed by atoms with van der Waals surface area (Å²) in [7, 11) is 2.20. The Balaban J connectivity index is 1.51. The number of unbranched alkanes of at least 4 members (excludes halogenated alkanes) is 1. The lowest BCUT2D eigenvalue weighted by Crippen LogP contribution is -3.18. The zero-order valence-electron chi connectivity index (χ0n) is 17.5. The van der Waals surface area contributed by atoms with E-state index in [4.69, 9.17) is 4.74 Å². The van der Waals surface area contributed by atoms with Gasteiger partial charge in [-0.1, -0.05) is 25.1 Å². The number of rotatable bonds is 9. The molecule has 160 valence electrons. The molecular weight excluding hydrogens is 388 g/mol. The van der Waals surface area contributed by atoms with Gasteiger partial charge >= 0.3 is 0 Å². The van der Waals surface area contributed by atoms with Crippen LogP contribution in [-0.4, -0.2) is 70.2 Å². The van der Waals surface area contributed by atoms with Gasteiger partial charge < -0.3 is 25.2 Å². The Morgan fingerprint density at radius 1 is 1.31 bits per heavy atom. The van der Waals surface area contributed by atoms with E-state index in [2.05, 4.69) is 24.6 Å². The predicted octanol–water partition coefficient (Wildman–Crippen LogP) is -0.593. The van der Waals surface area contributed by atoms with Crippen LogP contribution >= 0.6 is 11.8 Å². The maximum Gasteiger partial charge on any atom is 0.294 e. The van der Waals surface area contributed by atoms with Crippen molar-refractivity contribution in [1.29, 1.82) is 0 Å². The molecule has 1 aromatic rings. The lowest BCUT2D eigenvalue weighted by atomic mass is 10.1. The average molecular weight is 423 g/mol. The summed E-state index contributed by atoms with van der Waals surface area (Å²) in [5.41, 5.74) is 1.33. The van der Waals surface area contributed by atoms with Crippen LogP contribution < -0.4 is 20.4 Å². The number of morpholine rings is 1. The highest BCUT2D eigenvalue weighted by Crippen LogP contribution is 2.34. The van der Waals surface area contributed by atoms with Crippen molar-refractivity contribution in [3.8, 4) is 0 Å². The van der Waals surface area contributed by atoms with Gasteiger partial charge in [0, 0.05) is 23.4 Å². The van der Waals surface area contributed by atoms with Gasteiger partial charge in [0.1, 0.15) is 13.1 Å². The molecule has 7 nitrogen and oxygen atoms in total. The number of hydrogen-bond donors (Lipinski definition) is 4. The highest BCUT2D eigenvalue weighted by Gasteiger charge is 2.36. The summed E-state index contributed by atoms with van der Waals surface area (Å²) < 4.78 is 5.40. The van der Waals surface area contributed by atoms with Gasteiger partial charge in [-0.05, 0) is 24.6 Å². The molecule has 2 aliphatic rings. The normalized spacial score (nSPS) is 20.6. The first-order valence-corrected chi connectivity index (χ1v) is 11.6. The topological polar surface area (TPSA) is 76.3 Å². The van der Waals surface area contributed by atoms with Crippen LogP contribution in [-0.2, 0) is 9.53 Å². The van der Waals surface area contributed by atoms with Gasteiger partial charge in [-0.3, -0.25) is 9.59 Å². The van der Waals surface area contributed by atoms with Crippen LogP contribution in [0.25, 0.3) is 0 Å². The Morgan fingerprint density at radius 2 is 2.07 bits per heavy atom. The largest absolute Gasteiger partial charge is 0.370 e. The second-order valence-electron chi connectivity index (χ2n) is 7.89. The van der Waals surface area contributed by atoms with Gasteiger partial charge in [0.2, 0.25) is 5.37 Å². The SMILES string of the molecule is CCCC[NH+](C)CCCNC(=O)c1ccc2c(c1)NC(=O)C([NH+]1CCOCC1)S2. The molecule has 1 saturated heterocycles. The molecule has 2 atom stereocenters. The van der Waals surface area contributed by atoms with Gasteiger partial charge in [0.25, 0.3) is 11.8 Å². The molecule has 0 aromatic heterocycles. The fourth-order valence-corrected chi connectivity index (χ4v) is 4.92. The van der Waals surface area contributed by atoms with Crippen LogP contribution in [0.4, 0.5) is 5.69 Å². The van der Waals surface area contributed by atoms with Crippen molar-refractivity contribution in [2.45, 2.75) is 36.5 Å². The molecule has 2 unspecified atom stereocenters. The van der Waals surface area contributed by atoms with Crippen LogP contribution in [0.3, 0.4) is 0 Å². The van der Waals surface area contributed by atoms with Crippen molar-refractivity contribution in [3.05, 3.63) is 23.8 Å². The second kappa shape index (κ2) is 11.0. The molecule has 2 aliphatic heterocycles. The second-order valence-corrected chi connectivity index (χ2v) is 9.04. The molecule has 0 aliphatic carbocycles. The van der Waals surface area contributed by atoms with Crippen molar-refractivity contribution < 1.29 is 24.1 Å². The van der Waals surface area contributed by atoms with E-state index in [9.17, 15) is 9.59 Å². The summed E-state index contributed by atoms with van der Waals surface area (Å²) in [5, 5.41) is 5.84. The summed E-state index contributed by atoms with van der Waals surface area (Å²) >= 11 is 1.58. The monoisotopic (exact) mass is 422 g/mol. The third kappa shape index (κ3) is 6.18. The number of carbonyl (C=O) groups is 2. The van der Waals surface area contributed by atoms with Gasteiger partial charge in [0.05, 0.1) is 39.0 Å². The summed E-state index contributed by atoms with van der Waals surface area (Å²) in [6, 6.07) is 5.59. The minimum Gasteiger partial charge on any atom is -0.370 e. The van der Waals surface area contributed by atoms with E-state index in [1.54, 1.807) is 17.8 Å². The number of nitrogens with one attached hydrogen (secondary N) is 4. The smallest absolute Gasteiger partial charge is 0.294 e. The zero-order chi connectivity index (χ0) is 20.6. The minimum absolute atomic E-state index is 0.00931. The molecule has 0 saturated carbocycles. The number of hydrogen-bond acceptors (Lipinski definition) is 4. The molecule has 0 spiro atoms. The Hall–Kier alpha value is -1.61. The van der Waals surface area contributed by atoms with Crippen LogP contribution in [0.2, 0.25) is 0 Å². The lowest BCUT2D eigenvalue weighted by Gasteiger charge is -2.32. The van der Waals surface area contributed by atoms with E-state index >= 15 is 0 Å². The van der Waals surface area contributed by atoms with E-state index in [1.165, 1.54) is 29.2 Å². The molecule has 4 N–H and O–H groups in total. The molecule has 2 amide bonds. The van der Waals surface area contributed by atoms with Gasteiger partial charge in [-0.25, -0.2) is 0 Å². The predicted molar refractivity (Wildman–Crippen MR) is 115 cm³/mol. The highest BCUT2D eigenvalue weighted by molar-refractivity contribution is 8.00.